The van der Waals surface area contributed by atoms with Crippen molar-refractivity contribution in [2.24, 2.45) is 0 Å². The van der Waals surface area contributed by atoms with E-state index in [2.05, 4.69) is 10.3 Å². The predicted molar refractivity (Wildman–Crippen MR) is 138 cm³/mol. The Balaban J connectivity index is 1.43. The van der Waals surface area contributed by atoms with E-state index >= 15 is 0 Å². The lowest BCUT2D eigenvalue weighted by atomic mass is 9.99. The molecule has 6 rings (SSSR count). The van der Waals surface area contributed by atoms with Crippen LogP contribution in [0, 0.1) is 0 Å². The SMILES string of the molecule is CC1(F)CN(C(=O)Cn2c(=O)c(C(=O)NCc3ccc(Cl)cc3)cc3c4nc5n(c4cnc32)CCOC5)C1. The number of benzene rings is 1. The Morgan fingerprint density at radius 2 is 2.00 bits per heavy atom. The number of nitrogens with one attached hydrogen (secondary N) is 1. The first kappa shape index (κ1) is 24.5. The molecule has 0 spiro atoms. The van der Waals surface area contributed by atoms with Gasteiger partial charge in [0.05, 0.1) is 31.4 Å². The van der Waals surface area contributed by atoms with Crippen molar-refractivity contribution in [2.45, 2.75) is 38.8 Å². The van der Waals surface area contributed by atoms with E-state index < -0.39 is 23.0 Å². The minimum absolute atomic E-state index is 0.0504. The number of hydrogen-bond donors (Lipinski definition) is 1. The summed E-state index contributed by atoms with van der Waals surface area (Å²) in [5.41, 5.74) is 0.0759. The Labute approximate surface area is 221 Å². The molecule has 0 unspecified atom stereocenters. The largest absolute Gasteiger partial charge is 0.372 e. The summed E-state index contributed by atoms with van der Waals surface area (Å²) in [5.74, 6) is -0.315. The maximum atomic E-state index is 14.0. The minimum atomic E-state index is -1.45. The fourth-order valence-corrected chi connectivity index (χ4v) is 5.09. The van der Waals surface area contributed by atoms with Gasteiger partial charge < -0.3 is 19.5 Å². The number of ether oxygens (including phenoxy) is 1. The number of amides is 2. The zero-order valence-corrected chi connectivity index (χ0v) is 21.3. The summed E-state index contributed by atoms with van der Waals surface area (Å²) in [5, 5.41) is 3.80. The molecule has 2 aliphatic heterocycles. The molecule has 38 heavy (non-hydrogen) atoms. The van der Waals surface area contributed by atoms with Crippen molar-refractivity contribution < 1.29 is 18.7 Å². The zero-order valence-electron chi connectivity index (χ0n) is 20.5. The molecule has 1 aromatic carbocycles. The Morgan fingerprint density at radius 3 is 2.74 bits per heavy atom. The monoisotopic (exact) mass is 538 g/mol. The molecule has 1 fully saturated rings. The van der Waals surface area contributed by atoms with E-state index in [1.165, 1.54) is 22.5 Å². The molecule has 12 heteroatoms. The second-order valence-corrected chi connectivity index (χ2v) is 10.3. The number of fused-ring (bicyclic) bond motifs is 5. The molecule has 10 nitrogen and oxygen atoms in total. The van der Waals surface area contributed by atoms with E-state index in [9.17, 15) is 18.8 Å². The van der Waals surface area contributed by atoms with E-state index in [0.29, 0.717) is 41.5 Å². The van der Waals surface area contributed by atoms with Gasteiger partial charge in [-0.3, -0.25) is 19.0 Å². The lowest BCUT2D eigenvalue weighted by Gasteiger charge is -2.42. The maximum absolute atomic E-state index is 14.0. The molecule has 196 valence electrons. The van der Waals surface area contributed by atoms with E-state index in [4.69, 9.17) is 21.3 Å². The van der Waals surface area contributed by atoms with Gasteiger partial charge in [0, 0.05) is 23.5 Å². The first-order chi connectivity index (χ1) is 18.2. The highest BCUT2D eigenvalue weighted by Crippen LogP contribution is 2.27. The summed E-state index contributed by atoms with van der Waals surface area (Å²) in [6.07, 6.45) is 1.61. The molecule has 1 N–H and O–H groups in total. The predicted octanol–water partition coefficient (Wildman–Crippen LogP) is 2.43. The third kappa shape index (κ3) is 4.31. The van der Waals surface area contributed by atoms with Gasteiger partial charge in [-0.2, -0.15) is 0 Å². The number of likely N-dealkylation sites (tertiary alicyclic amines) is 1. The van der Waals surface area contributed by atoms with Crippen LogP contribution in [-0.2, 0) is 35.8 Å². The zero-order chi connectivity index (χ0) is 26.6. The molecular weight excluding hydrogens is 515 g/mol. The molecule has 0 bridgehead atoms. The van der Waals surface area contributed by atoms with Gasteiger partial charge in [0.2, 0.25) is 5.91 Å². The normalized spacial score (nSPS) is 16.3. The summed E-state index contributed by atoms with van der Waals surface area (Å²) < 4.78 is 22.7. The van der Waals surface area contributed by atoms with Gasteiger partial charge >= 0.3 is 0 Å². The van der Waals surface area contributed by atoms with Crippen LogP contribution in [0.4, 0.5) is 4.39 Å². The number of nitrogens with zero attached hydrogens (tertiary/aromatic N) is 5. The van der Waals surface area contributed by atoms with Crippen LogP contribution in [0.3, 0.4) is 0 Å². The molecule has 4 aromatic rings. The van der Waals surface area contributed by atoms with Crippen molar-refractivity contribution in [1.82, 2.24) is 29.3 Å². The summed E-state index contributed by atoms with van der Waals surface area (Å²) in [7, 11) is 0. The summed E-state index contributed by atoms with van der Waals surface area (Å²) in [6, 6.07) is 8.45. The maximum Gasteiger partial charge on any atom is 0.265 e. The van der Waals surface area contributed by atoms with Crippen molar-refractivity contribution in [3.05, 3.63) is 68.9 Å². The molecule has 0 atom stereocenters. The average molecular weight is 539 g/mol. The number of pyridine rings is 2. The van der Waals surface area contributed by atoms with Crippen molar-refractivity contribution in [2.75, 3.05) is 19.7 Å². The first-order valence-corrected chi connectivity index (χ1v) is 12.6. The fourth-order valence-electron chi connectivity index (χ4n) is 4.97. The van der Waals surface area contributed by atoms with Crippen LogP contribution in [0.15, 0.2) is 41.3 Å². The van der Waals surface area contributed by atoms with Crippen LogP contribution >= 0.6 is 11.6 Å². The number of rotatable bonds is 5. The van der Waals surface area contributed by atoms with Crippen molar-refractivity contribution in [1.29, 1.82) is 0 Å². The topological polar surface area (TPSA) is 111 Å². The number of hydrogen-bond acceptors (Lipinski definition) is 6. The Morgan fingerprint density at radius 1 is 1.24 bits per heavy atom. The van der Waals surface area contributed by atoms with Crippen LogP contribution in [0.1, 0.15) is 28.7 Å². The van der Waals surface area contributed by atoms with E-state index in [0.717, 1.165) is 11.1 Å². The number of alkyl halides is 1. The molecule has 2 amide bonds. The standard InChI is InChI=1S/C26H24ClFN6O4/c1-26(28)13-32(14-26)21(35)11-34-23-17(22-19(10-29-23)33-6-7-38-12-20(33)31-22)8-18(25(34)37)24(36)30-9-15-2-4-16(27)5-3-15/h2-5,8,10H,6-7,9,11-14H2,1H3,(H,30,36). The highest BCUT2D eigenvalue weighted by atomic mass is 35.5. The number of carbonyl (C=O) groups is 2. The van der Waals surface area contributed by atoms with Gasteiger partial charge in [-0.05, 0) is 30.7 Å². The van der Waals surface area contributed by atoms with Gasteiger partial charge in [-0.15, -0.1) is 0 Å². The van der Waals surface area contributed by atoms with E-state index in [-0.39, 0.29) is 37.4 Å². The lowest BCUT2D eigenvalue weighted by molar-refractivity contribution is -0.144. The molecule has 5 heterocycles. The number of halogens is 2. The third-order valence-corrected chi connectivity index (χ3v) is 7.15. The molecule has 0 radical (unpaired) electrons. The second kappa shape index (κ2) is 9.17. The Bertz CT molecular complexity index is 1650. The van der Waals surface area contributed by atoms with Gasteiger partial charge in [0.1, 0.15) is 41.4 Å². The van der Waals surface area contributed by atoms with Crippen LogP contribution < -0.4 is 10.9 Å². The molecule has 3 aromatic heterocycles. The first-order valence-electron chi connectivity index (χ1n) is 12.2. The van der Waals surface area contributed by atoms with Gasteiger partial charge in [0.15, 0.2) is 0 Å². The highest BCUT2D eigenvalue weighted by molar-refractivity contribution is 6.30. The smallest absolute Gasteiger partial charge is 0.265 e. The van der Waals surface area contributed by atoms with Crippen molar-refractivity contribution in [3.63, 3.8) is 0 Å². The van der Waals surface area contributed by atoms with Crippen LogP contribution in [0.25, 0.3) is 22.1 Å². The van der Waals surface area contributed by atoms with Gasteiger partial charge in [-0.1, -0.05) is 23.7 Å². The Hall–Kier alpha value is -3.83. The number of aromatic nitrogens is 4. The van der Waals surface area contributed by atoms with Crippen molar-refractivity contribution >= 4 is 45.5 Å². The van der Waals surface area contributed by atoms with E-state index in [1.807, 2.05) is 4.57 Å². The van der Waals surface area contributed by atoms with Crippen LogP contribution in [0.2, 0.25) is 5.02 Å². The molecule has 0 aliphatic carbocycles. The molecule has 0 saturated carbocycles. The minimum Gasteiger partial charge on any atom is -0.372 e. The highest BCUT2D eigenvalue weighted by Gasteiger charge is 2.41. The van der Waals surface area contributed by atoms with Crippen LogP contribution in [0.5, 0.6) is 0 Å². The number of carbonyl (C=O) groups excluding carboxylic acids is 2. The quantitative estimate of drug-likeness (QED) is 0.418. The van der Waals surface area contributed by atoms with Crippen LogP contribution in [-0.4, -0.2) is 61.2 Å². The molecular formula is C26H24ClFN6O4. The molecule has 1 saturated heterocycles. The number of imidazole rings is 1. The van der Waals surface area contributed by atoms with Crippen molar-refractivity contribution in [3.8, 4) is 0 Å². The Kier molecular flexibility index (Phi) is 5.92. The lowest BCUT2D eigenvalue weighted by Crippen LogP contribution is -2.60. The fraction of sp³-hybridized carbons (Fsp3) is 0.346. The average Bonchev–Trinajstić information content (AvgIpc) is 3.27. The third-order valence-electron chi connectivity index (χ3n) is 6.90. The summed E-state index contributed by atoms with van der Waals surface area (Å²) in [6.45, 7) is 2.59. The van der Waals surface area contributed by atoms with E-state index in [1.54, 1.807) is 30.5 Å². The molecule has 2 aliphatic rings. The summed E-state index contributed by atoms with van der Waals surface area (Å²) >= 11 is 5.94. The summed E-state index contributed by atoms with van der Waals surface area (Å²) in [4.78, 5) is 50.3. The van der Waals surface area contributed by atoms with Gasteiger partial charge in [-0.25, -0.2) is 14.4 Å². The second-order valence-electron chi connectivity index (χ2n) is 9.88. The van der Waals surface area contributed by atoms with Gasteiger partial charge in [0.25, 0.3) is 11.5 Å².